The highest BCUT2D eigenvalue weighted by molar-refractivity contribution is 8.00. The predicted molar refractivity (Wildman–Crippen MR) is 94.4 cm³/mol. The summed E-state index contributed by atoms with van der Waals surface area (Å²) in [6.45, 7) is 0.620. The molecule has 1 aliphatic rings. The lowest BCUT2D eigenvalue weighted by molar-refractivity contribution is -0.128. The fourth-order valence-corrected chi connectivity index (χ4v) is 4.11. The average molecular weight is 344 g/mol. The molecule has 5 nitrogen and oxygen atoms in total. The van der Waals surface area contributed by atoms with Crippen LogP contribution in [0.2, 0.25) is 0 Å². The summed E-state index contributed by atoms with van der Waals surface area (Å²) >= 11 is 1.60. The van der Waals surface area contributed by atoms with Crippen molar-refractivity contribution in [3.63, 3.8) is 0 Å². The summed E-state index contributed by atoms with van der Waals surface area (Å²) in [6, 6.07) is 11.5. The van der Waals surface area contributed by atoms with E-state index in [-0.39, 0.29) is 11.3 Å². The normalized spacial score (nSPS) is 17.2. The minimum absolute atomic E-state index is 0.104. The Morgan fingerprint density at radius 2 is 1.92 bits per heavy atom. The number of aromatic nitrogens is 1. The van der Waals surface area contributed by atoms with Gasteiger partial charge < -0.3 is 14.4 Å². The molecule has 0 radical (unpaired) electrons. The Hall–Kier alpha value is -2.21. The summed E-state index contributed by atoms with van der Waals surface area (Å²) in [5, 5.41) is -0.104. The van der Waals surface area contributed by atoms with Crippen LogP contribution in [0.25, 0.3) is 0 Å². The van der Waals surface area contributed by atoms with Crippen LogP contribution in [0.15, 0.2) is 42.6 Å². The molecule has 2 aromatic rings. The van der Waals surface area contributed by atoms with Crippen LogP contribution >= 0.6 is 11.8 Å². The number of rotatable bonds is 6. The molecular formula is C18H20N2O3S. The van der Waals surface area contributed by atoms with Crippen LogP contribution in [-0.2, 0) is 11.2 Å². The fourth-order valence-electron chi connectivity index (χ4n) is 2.84. The zero-order valence-corrected chi connectivity index (χ0v) is 14.6. The molecule has 6 heteroatoms. The predicted octanol–water partition coefficient (Wildman–Crippen LogP) is 2.92. The second-order valence-corrected chi connectivity index (χ2v) is 6.47. The van der Waals surface area contributed by atoms with Gasteiger partial charge in [0, 0.05) is 24.9 Å². The number of benzene rings is 1. The van der Waals surface area contributed by atoms with E-state index in [1.807, 2.05) is 41.3 Å². The van der Waals surface area contributed by atoms with E-state index in [1.165, 1.54) is 0 Å². The number of carbonyl (C=O) groups excluding carboxylic acids is 1. The van der Waals surface area contributed by atoms with Gasteiger partial charge >= 0.3 is 0 Å². The van der Waals surface area contributed by atoms with Gasteiger partial charge in [-0.05, 0) is 24.3 Å². The Bertz CT molecular complexity index is 686. The van der Waals surface area contributed by atoms with Gasteiger partial charge in [-0.2, -0.15) is 0 Å². The Morgan fingerprint density at radius 1 is 1.17 bits per heavy atom. The largest absolute Gasteiger partial charge is 0.496 e. The Kier molecular flexibility index (Phi) is 5.25. The van der Waals surface area contributed by atoms with Crippen LogP contribution in [-0.4, -0.2) is 42.3 Å². The highest BCUT2D eigenvalue weighted by Gasteiger charge is 2.36. The topological polar surface area (TPSA) is 51.7 Å². The molecule has 3 rings (SSSR count). The molecule has 1 amide bonds. The average Bonchev–Trinajstić information content (AvgIpc) is 3.00. The molecule has 1 atom stereocenters. The highest BCUT2D eigenvalue weighted by atomic mass is 32.2. The van der Waals surface area contributed by atoms with Crippen LogP contribution in [0.3, 0.4) is 0 Å². The first-order valence-corrected chi connectivity index (χ1v) is 8.81. The highest BCUT2D eigenvalue weighted by Crippen LogP contribution is 2.46. The first-order valence-electron chi connectivity index (χ1n) is 7.76. The maximum absolute atomic E-state index is 12.4. The summed E-state index contributed by atoms with van der Waals surface area (Å²) in [5.41, 5.74) is 1.90. The minimum atomic E-state index is -0.104. The van der Waals surface area contributed by atoms with Gasteiger partial charge in [0.1, 0.15) is 16.9 Å². The lowest BCUT2D eigenvalue weighted by Crippen LogP contribution is -2.30. The molecule has 24 heavy (non-hydrogen) atoms. The van der Waals surface area contributed by atoms with Crippen molar-refractivity contribution in [2.75, 3.05) is 26.5 Å². The third-order valence-electron chi connectivity index (χ3n) is 4.02. The molecule has 0 saturated carbocycles. The molecule has 0 N–H and O–H groups in total. The first kappa shape index (κ1) is 16.6. The second kappa shape index (κ2) is 7.57. The maximum atomic E-state index is 12.4. The number of methoxy groups -OCH3 is 2. The first-order chi connectivity index (χ1) is 11.7. The van der Waals surface area contributed by atoms with Crippen LogP contribution in [0.1, 0.15) is 16.6 Å². The Labute approximate surface area is 146 Å². The molecule has 1 aromatic carbocycles. The van der Waals surface area contributed by atoms with Crippen LogP contribution in [0, 0.1) is 0 Å². The summed E-state index contributed by atoms with van der Waals surface area (Å²) in [7, 11) is 3.27. The van der Waals surface area contributed by atoms with Gasteiger partial charge in [0.2, 0.25) is 5.91 Å². The van der Waals surface area contributed by atoms with E-state index in [0.717, 1.165) is 29.2 Å². The van der Waals surface area contributed by atoms with Gasteiger partial charge in [-0.15, -0.1) is 11.8 Å². The molecule has 1 aliphatic heterocycles. The van der Waals surface area contributed by atoms with Crippen molar-refractivity contribution in [2.24, 2.45) is 0 Å². The van der Waals surface area contributed by atoms with Gasteiger partial charge in [-0.1, -0.05) is 12.1 Å². The van der Waals surface area contributed by atoms with E-state index in [4.69, 9.17) is 9.47 Å². The summed E-state index contributed by atoms with van der Waals surface area (Å²) < 4.78 is 11.0. The zero-order valence-electron chi connectivity index (χ0n) is 13.8. The number of ether oxygens (including phenoxy) is 2. The van der Waals surface area contributed by atoms with Crippen LogP contribution < -0.4 is 9.47 Å². The van der Waals surface area contributed by atoms with E-state index in [1.54, 1.807) is 32.2 Å². The Morgan fingerprint density at radius 3 is 2.54 bits per heavy atom. The third kappa shape index (κ3) is 3.33. The number of amides is 1. The lowest BCUT2D eigenvalue weighted by atomic mass is 10.1. The molecule has 0 spiro atoms. The molecule has 0 aliphatic carbocycles. The Balaban J connectivity index is 1.85. The maximum Gasteiger partial charge on any atom is 0.233 e. The summed E-state index contributed by atoms with van der Waals surface area (Å²) in [6.07, 6.45) is 2.50. The second-order valence-electron chi connectivity index (χ2n) is 5.40. The van der Waals surface area contributed by atoms with Crippen LogP contribution in [0.4, 0.5) is 0 Å². The van der Waals surface area contributed by atoms with E-state index in [2.05, 4.69) is 4.98 Å². The van der Waals surface area contributed by atoms with Crippen molar-refractivity contribution in [3.05, 3.63) is 53.9 Å². The monoisotopic (exact) mass is 344 g/mol. The number of hydrogen-bond donors (Lipinski definition) is 0. The third-order valence-corrected chi connectivity index (χ3v) is 5.24. The lowest BCUT2D eigenvalue weighted by Gasteiger charge is -2.26. The van der Waals surface area contributed by atoms with Crippen molar-refractivity contribution in [3.8, 4) is 11.5 Å². The van der Waals surface area contributed by atoms with Crippen molar-refractivity contribution < 1.29 is 14.3 Å². The van der Waals surface area contributed by atoms with Crippen molar-refractivity contribution in [2.45, 2.75) is 11.8 Å². The van der Waals surface area contributed by atoms with Gasteiger partial charge in [-0.25, -0.2) is 0 Å². The number of nitrogens with zero attached hydrogens (tertiary/aromatic N) is 2. The van der Waals surface area contributed by atoms with Crippen molar-refractivity contribution >= 4 is 17.7 Å². The summed E-state index contributed by atoms with van der Waals surface area (Å²) in [5.74, 6) is 2.08. The zero-order chi connectivity index (χ0) is 16.9. The van der Waals surface area contributed by atoms with Crippen LogP contribution in [0.5, 0.6) is 11.5 Å². The molecular weight excluding hydrogens is 324 g/mol. The van der Waals surface area contributed by atoms with Gasteiger partial charge in [0.25, 0.3) is 0 Å². The van der Waals surface area contributed by atoms with Crippen molar-refractivity contribution in [1.29, 1.82) is 0 Å². The van der Waals surface area contributed by atoms with E-state index in [9.17, 15) is 4.79 Å². The van der Waals surface area contributed by atoms with E-state index in [0.29, 0.717) is 12.3 Å². The standard InChI is InChI=1S/C18H20N2O3S/c1-22-14-7-5-8-15(23-2)17(14)18-20(16(21)12-24-18)11-9-13-6-3-4-10-19-13/h3-8,10,18H,9,11-12H2,1-2H3. The summed E-state index contributed by atoms with van der Waals surface area (Å²) in [4.78, 5) is 18.6. The number of carbonyl (C=O) groups is 1. The number of pyridine rings is 1. The van der Waals surface area contributed by atoms with E-state index >= 15 is 0 Å². The smallest absolute Gasteiger partial charge is 0.233 e. The quantitative estimate of drug-likeness (QED) is 0.806. The molecule has 0 bridgehead atoms. The number of hydrogen-bond acceptors (Lipinski definition) is 5. The van der Waals surface area contributed by atoms with E-state index < -0.39 is 0 Å². The SMILES string of the molecule is COc1cccc(OC)c1C1SCC(=O)N1CCc1ccccn1. The fraction of sp³-hybridized carbons (Fsp3) is 0.333. The number of thioether (sulfide) groups is 1. The van der Waals surface area contributed by atoms with Crippen molar-refractivity contribution in [1.82, 2.24) is 9.88 Å². The van der Waals surface area contributed by atoms with Gasteiger partial charge in [-0.3, -0.25) is 9.78 Å². The molecule has 126 valence electrons. The molecule has 1 saturated heterocycles. The molecule has 1 unspecified atom stereocenters. The van der Waals surface area contributed by atoms with Gasteiger partial charge in [0.15, 0.2) is 0 Å². The minimum Gasteiger partial charge on any atom is -0.496 e. The van der Waals surface area contributed by atoms with Gasteiger partial charge in [0.05, 0.1) is 25.5 Å². The molecule has 2 heterocycles. The molecule has 1 fully saturated rings. The molecule has 1 aromatic heterocycles.